The number of carboxylic acid groups (broad SMARTS) is 1. The van der Waals surface area contributed by atoms with Crippen molar-refractivity contribution >= 4 is 23.1 Å². The number of rotatable bonds is 3. The summed E-state index contributed by atoms with van der Waals surface area (Å²) in [5.41, 5.74) is 0.446. The van der Waals surface area contributed by atoms with E-state index in [1.807, 2.05) is 0 Å². The summed E-state index contributed by atoms with van der Waals surface area (Å²) in [7, 11) is 1.51. The molecule has 0 aliphatic heterocycles. The number of nitrogens with zero attached hydrogens (tertiary/aromatic N) is 2. The van der Waals surface area contributed by atoms with Crippen LogP contribution in [0.25, 0.3) is 5.52 Å². The number of ether oxygens (including phenoxy) is 1. The number of methoxy groups -OCH3 is 1. The van der Waals surface area contributed by atoms with E-state index in [2.05, 4.69) is 4.98 Å². The van der Waals surface area contributed by atoms with Crippen molar-refractivity contribution in [2.45, 2.75) is 6.61 Å². The molecule has 0 saturated heterocycles. The van der Waals surface area contributed by atoms with Crippen molar-refractivity contribution < 1.29 is 14.6 Å². The minimum Gasteiger partial charge on any atom is -0.476 e. The van der Waals surface area contributed by atoms with Gasteiger partial charge < -0.3 is 9.84 Å². The first-order chi connectivity index (χ1) is 7.65. The molecule has 0 aliphatic carbocycles. The summed E-state index contributed by atoms with van der Waals surface area (Å²) in [5.74, 6) is -0.609. The molecule has 0 aliphatic rings. The fourth-order valence-electron chi connectivity index (χ4n) is 1.55. The number of hydrogen-bond acceptors (Lipinski definition) is 3. The lowest BCUT2D eigenvalue weighted by Crippen LogP contribution is -1.97. The smallest absolute Gasteiger partial charge is 0.356 e. The van der Waals surface area contributed by atoms with E-state index in [9.17, 15) is 4.79 Å². The quantitative estimate of drug-likeness (QED) is 0.832. The molecule has 2 rings (SSSR count). The molecule has 0 amide bonds. The van der Waals surface area contributed by atoms with Gasteiger partial charge in [0.25, 0.3) is 0 Å². The number of fused-ring (bicyclic) bond motifs is 1. The van der Waals surface area contributed by atoms with Gasteiger partial charge in [0.1, 0.15) is 17.6 Å². The van der Waals surface area contributed by atoms with Crippen LogP contribution >= 0.6 is 11.6 Å². The van der Waals surface area contributed by atoms with Crippen LogP contribution in [0.5, 0.6) is 0 Å². The number of aromatic carboxylic acids is 1. The highest BCUT2D eigenvalue weighted by atomic mass is 35.5. The molecule has 0 bridgehead atoms. The summed E-state index contributed by atoms with van der Waals surface area (Å²) in [6.45, 7) is 0.207. The molecule has 2 aromatic rings. The first kappa shape index (κ1) is 10.9. The van der Waals surface area contributed by atoms with Crippen LogP contribution in [0, 0.1) is 0 Å². The third-order valence-corrected chi connectivity index (χ3v) is 2.45. The molecule has 0 aromatic carbocycles. The fraction of sp³-hybridized carbons (Fsp3) is 0.200. The Hall–Kier alpha value is -1.59. The topological polar surface area (TPSA) is 63.8 Å². The maximum absolute atomic E-state index is 11.0. The Balaban J connectivity index is 2.76. The summed E-state index contributed by atoms with van der Waals surface area (Å²) in [6, 6.07) is 5.00. The average molecular weight is 241 g/mol. The lowest BCUT2D eigenvalue weighted by Gasteiger charge is -2.01. The Bertz CT molecular complexity index is 550. The normalized spacial score (nSPS) is 10.9. The van der Waals surface area contributed by atoms with E-state index < -0.39 is 5.97 Å². The van der Waals surface area contributed by atoms with Crippen molar-refractivity contribution in [2.75, 3.05) is 7.11 Å². The van der Waals surface area contributed by atoms with E-state index in [0.717, 1.165) is 0 Å². The predicted molar refractivity (Wildman–Crippen MR) is 57.9 cm³/mol. The molecule has 2 aromatic heterocycles. The Morgan fingerprint density at radius 1 is 1.62 bits per heavy atom. The van der Waals surface area contributed by atoms with Crippen molar-refractivity contribution in [1.29, 1.82) is 0 Å². The van der Waals surface area contributed by atoms with Crippen molar-refractivity contribution in [1.82, 2.24) is 9.38 Å². The number of carbonyl (C=O) groups is 1. The van der Waals surface area contributed by atoms with Crippen LogP contribution in [-0.2, 0) is 11.3 Å². The highest BCUT2D eigenvalue weighted by Crippen LogP contribution is 2.19. The van der Waals surface area contributed by atoms with Gasteiger partial charge in [-0.2, -0.15) is 0 Å². The monoisotopic (exact) mass is 240 g/mol. The van der Waals surface area contributed by atoms with Gasteiger partial charge in [-0.3, -0.25) is 4.40 Å². The molecule has 5 nitrogen and oxygen atoms in total. The van der Waals surface area contributed by atoms with E-state index >= 15 is 0 Å². The number of carboxylic acids is 1. The van der Waals surface area contributed by atoms with Gasteiger partial charge >= 0.3 is 5.97 Å². The molecule has 6 heteroatoms. The van der Waals surface area contributed by atoms with E-state index in [1.165, 1.54) is 7.11 Å². The first-order valence-corrected chi connectivity index (χ1v) is 4.91. The molecule has 1 N–H and O–H groups in total. The van der Waals surface area contributed by atoms with Gasteiger partial charge in [-0.1, -0.05) is 17.7 Å². The minimum atomic E-state index is -1.08. The Kier molecular flexibility index (Phi) is 2.80. The Morgan fingerprint density at radius 3 is 3.00 bits per heavy atom. The van der Waals surface area contributed by atoms with Crippen LogP contribution in [-0.4, -0.2) is 27.6 Å². The van der Waals surface area contributed by atoms with Crippen LogP contribution < -0.4 is 0 Å². The molecule has 16 heavy (non-hydrogen) atoms. The van der Waals surface area contributed by atoms with Crippen LogP contribution in [0.4, 0.5) is 0 Å². The predicted octanol–water partition coefficient (Wildman–Crippen LogP) is 1.83. The second-order valence-corrected chi connectivity index (χ2v) is 3.57. The molecule has 2 heterocycles. The maximum atomic E-state index is 11.0. The third-order valence-electron chi connectivity index (χ3n) is 2.16. The minimum absolute atomic E-state index is 0.0189. The zero-order chi connectivity index (χ0) is 11.7. The largest absolute Gasteiger partial charge is 0.476 e. The highest BCUT2D eigenvalue weighted by molar-refractivity contribution is 6.29. The molecular formula is C10H9ClN2O3. The lowest BCUT2D eigenvalue weighted by atomic mass is 10.3. The van der Waals surface area contributed by atoms with Gasteiger partial charge in [-0.15, -0.1) is 0 Å². The van der Waals surface area contributed by atoms with Gasteiger partial charge in [0, 0.05) is 7.11 Å². The average Bonchev–Trinajstić information content (AvgIpc) is 2.59. The zero-order valence-electron chi connectivity index (χ0n) is 8.48. The van der Waals surface area contributed by atoms with Gasteiger partial charge in [0.05, 0.1) is 5.52 Å². The number of hydrogen-bond donors (Lipinski definition) is 1. The summed E-state index contributed by atoms with van der Waals surface area (Å²) in [4.78, 5) is 15.0. The molecule has 0 radical (unpaired) electrons. The van der Waals surface area contributed by atoms with Gasteiger partial charge in [0.15, 0.2) is 5.69 Å². The number of pyridine rings is 1. The van der Waals surface area contributed by atoms with Gasteiger partial charge in [-0.05, 0) is 12.1 Å². The molecule has 0 atom stereocenters. The maximum Gasteiger partial charge on any atom is 0.356 e. The number of aromatic nitrogens is 2. The van der Waals surface area contributed by atoms with E-state index in [-0.39, 0.29) is 12.3 Å². The molecular weight excluding hydrogens is 232 g/mol. The van der Waals surface area contributed by atoms with Crippen molar-refractivity contribution in [3.05, 3.63) is 34.9 Å². The summed E-state index contributed by atoms with van der Waals surface area (Å²) in [6.07, 6.45) is 0. The SMILES string of the molecule is COCc1nc(C(=O)O)c2cccc(Cl)n12. The summed E-state index contributed by atoms with van der Waals surface area (Å²) in [5, 5.41) is 9.40. The molecule has 84 valence electrons. The third kappa shape index (κ3) is 1.64. The second-order valence-electron chi connectivity index (χ2n) is 3.18. The zero-order valence-corrected chi connectivity index (χ0v) is 9.23. The lowest BCUT2D eigenvalue weighted by molar-refractivity contribution is 0.0692. The molecule has 0 spiro atoms. The van der Waals surface area contributed by atoms with E-state index in [4.69, 9.17) is 21.4 Å². The number of imidazole rings is 1. The standard InChI is InChI=1S/C10H9ClN2O3/c1-16-5-8-12-9(10(14)15)6-3-2-4-7(11)13(6)8/h2-4H,5H2,1H3,(H,14,15). The fourth-order valence-corrected chi connectivity index (χ4v) is 1.81. The summed E-state index contributed by atoms with van der Waals surface area (Å²) < 4.78 is 6.51. The van der Waals surface area contributed by atoms with Gasteiger partial charge in [0.2, 0.25) is 0 Å². The van der Waals surface area contributed by atoms with Crippen molar-refractivity contribution in [2.24, 2.45) is 0 Å². The highest BCUT2D eigenvalue weighted by Gasteiger charge is 2.17. The van der Waals surface area contributed by atoms with Crippen molar-refractivity contribution in [3.63, 3.8) is 0 Å². The van der Waals surface area contributed by atoms with Crippen molar-refractivity contribution in [3.8, 4) is 0 Å². The first-order valence-electron chi connectivity index (χ1n) is 4.53. The number of halogens is 1. The molecule has 0 fully saturated rings. The van der Waals surface area contributed by atoms with Crippen LogP contribution in [0.15, 0.2) is 18.2 Å². The van der Waals surface area contributed by atoms with Crippen LogP contribution in [0.3, 0.4) is 0 Å². The molecule has 0 saturated carbocycles. The Labute approximate surface area is 96.2 Å². The molecule has 0 unspecified atom stereocenters. The van der Waals surface area contributed by atoms with E-state index in [0.29, 0.717) is 16.5 Å². The Morgan fingerprint density at radius 2 is 2.38 bits per heavy atom. The second kappa shape index (κ2) is 4.11. The van der Waals surface area contributed by atoms with Crippen LogP contribution in [0.1, 0.15) is 16.3 Å². The van der Waals surface area contributed by atoms with Crippen LogP contribution in [0.2, 0.25) is 5.15 Å². The summed E-state index contributed by atoms with van der Waals surface area (Å²) >= 11 is 5.99. The van der Waals surface area contributed by atoms with E-state index in [1.54, 1.807) is 22.6 Å². The van der Waals surface area contributed by atoms with Gasteiger partial charge in [-0.25, -0.2) is 9.78 Å².